The van der Waals surface area contributed by atoms with Crippen LogP contribution in [0.5, 0.6) is 0 Å². The Morgan fingerprint density at radius 3 is 2.69 bits per heavy atom. The van der Waals surface area contributed by atoms with Crippen LogP contribution < -0.4 is 0 Å². The molecule has 4 aromatic rings. The minimum atomic E-state index is 0.726. The zero-order valence-corrected chi connectivity index (χ0v) is 18.4. The summed E-state index contributed by atoms with van der Waals surface area (Å²) in [5.74, 6) is 0.842. The normalized spacial score (nSPS) is 21.5. The molecule has 2 saturated heterocycles. The van der Waals surface area contributed by atoms with Gasteiger partial charge in [-0.25, -0.2) is 0 Å². The van der Waals surface area contributed by atoms with Gasteiger partial charge in [0.15, 0.2) is 0 Å². The molecule has 0 aliphatic carbocycles. The lowest BCUT2D eigenvalue weighted by atomic mass is 10.0. The van der Waals surface area contributed by atoms with E-state index in [1.807, 2.05) is 4.57 Å². The SMILES string of the molecule is c1ccc(CCN2C[C@@H]3CCN(CCc4c[nH]c5ccc(-n6cnnc6)cc45)[C@@H]3C2)cc1. The fourth-order valence-electron chi connectivity index (χ4n) is 5.66. The molecule has 0 spiro atoms. The number of benzene rings is 2. The second-order valence-electron chi connectivity index (χ2n) is 9.31. The molecule has 0 amide bonds. The van der Waals surface area contributed by atoms with Crippen LogP contribution >= 0.6 is 0 Å². The molecule has 2 aliphatic rings. The molecule has 2 fully saturated rings. The Hall–Kier alpha value is -2.96. The molecule has 0 bridgehead atoms. The first kappa shape index (κ1) is 19.7. The Balaban J connectivity index is 1.09. The molecule has 0 unspecified atom stereocenters. The monoisotopic (exact) mass is 426 g/mol. The second kappa shape index (κ2) is 8.52. The molecule has 6 nitrogen and oxygen atoms in total. The van der Waals surface area contributed by atoms with Crippen LogP contribution in [0.3, 0.4) is 0 Å². The second-order valence-corrected chi connectivity index (χ2v) is 9.31. The van der Waals surface area contributed by atoms with Gasteiger partial charge < -0.3 is 9.88 Å². The van der Waals surface area contributed by atoms with Gasteiger partial charge in [0.2, 0.25) is 0 Å². The van der Waals surface area contributed by atoms with Crippen molar-refractivity contribution in [1.29, 1.82) is 0 Å². The predicted molar refractivity (Wildman–Crippen MR) is 127 cm³/mol. The Labute approximate surface area is 188 Å². The molecule has 6 heteroatoms. The summed E-state index contributed by atoms with van der Waals surface area (Å²) in [6, 6.07) is 18.1. The van der Waals surface area contributed by atoms with Crippen molar-refractivity contribution >= 4 is 10.9 Å². The Bertz CT molecular complexity index is 1170. The van der Waals surface area contributed by atoms with Crippen LogP contribution in [0, 0.1) is 5.92 Å². The van der Waals surface area contributed by atoms with Gasteiger partial charge in [-0.2, -0.15) is 0 Å². The lowest BCUT2D eigenvalue weighted by Gasteiger charge is -2.24. The van der Waals surface area contributed by atoms with Crippen LogP contribution in [-0.4, -0.2) is 68.3 Å². The molecule has 32 heavy (non-hydrogen) atoms. The highest BCUT2D eigenvalue weighted by atomic mass is 15.3. The van der Waals surface area contributed by atoms with Crippen molar-refractivity contribution in [3.63, 3.8) is 0 Å². The van der Waals surface area contributed by atoms with Gasteiger partial charge in [0.1, 0.15) is 12.7 Å². The number of H-pyrrole nitrogens is 1. The predicted octanol–water partition coefficient (Wildman–Crippen LogP) is 3.54. The number of nitrogens with one attached hydrogen (secondary N) is 1. The number of hydrogen-bond donors (Lipinski definition) is 1. The Morgan fingerprint density at radius 1 is 0.938 bits per heavy atom. The first-order valence-corrected chi connectivity index (χ1v) is 11.8. The quantitative estimate of drug-likeness (QED) is 0.491. The maximum absolute atomic E-state index is 3.94. The third-order valence-corrected chi connectivity index (χ3v) is 7.43. The highest BCUT2D eigenvalue weighted by Gasteiger charge is 2.40. The molecular weight excluding hydrogens is 396 g/mol. The van der Waals surface area contributed by atoms with Crippen molar-refractivity contribution in [3.05, 3.63) is 78.5 Å². The van der Waals surface area contributed by atoms with Gasteiger partial charge >= 0.3 is 0 Å². The summed E-state index contributed by atoms with van der Waals surface area (Å²) < 4.78 is 1.96. The van der Waals surface area contributed by atoms with E-state index in [4.69, 9.17) is 0 Å². The smallest absolute Gasteiger partial charge is 0.123 e. The summed E-state index contributed by atoms with van der Waals surface area (Å²) in [7, 11) is 0. The third kappa shape index (κ3) is 3.85. The molecule has 0 saturated carbocycles. The topological polar surface area (TPSA) is 53.0 Å². The van der Waals surface area contributed by atoms with Crippen LogP contribution in [0.4, 0.5) is 0 Å². The van der Waals surface area contributed by atoms with Crippen molar-refractivity contribution in [2.24, 2.45) is 5.92 Å². The molecule has 2 atom stereocenters. The number of hydrogen-bond acceptors (Lipinski definition) is 4. The minimum Gasteiger partial charge on any atom is -0.361 e. The van der Waals surface area contributed by atoms with E-state index < -0.39 is 0 Å². The number of likely N-dealkylation sites (tertiary alicyclic amines) is 2. The summed E-state index contributed by atoms with van der Waals surface area (Å²) in [4.78, 5) is 8.89. The molecular formula is C26H30N6. The highest BCUT2D eigenvalue weighted by molar-refractivity contribution is 5.85. The van der Waals surface area contributed by atoms with E-state index in [0.717, 1.165) is 37.0 Å². The summed E-state index contributed by atoms with van der Waals surface area (Å²) in [5.41, 5.74) is 5.16. The highest BCUT2D eigenvalue weighted by Crippen LogP contribution is 2.32. The van der Waals surface area contributed by atoms with E-state index in [9.17, 15) is 0 Å². The lowest BCUT2D eigenvalue weighted by molar-refractivity contribution is 0.227. The molecule has 6 rings (SSSR count). The van der Waals surface area contributed by atoms with Crippen LogP contribution in [0.1, 0.15) is 17.5 Å². The van der Waals surface area contributed by atoms with Crippen molar-refractivity contribution in [2.75, 3.05) is 32.7 Å². The number of aromatic amines is 1. The standard InChI is InChI=1S/C26H30N6/c1-2-4-20(5-3-1)8-11-30-16-22-10-13-31(26(22)17-30)12-9-21-15-27-25-7-6-23(14-24(21)25)32-18-28-29-19-32/h1-7,14-15,18-19,22,26-27H,8-13,16-17H2/t22-,26+/m0/s1. The number of aromatic nitrogens is 4. The van der Waals surface area contributed by atoms with E-state index >= 15 is 0 Å². The molecule has 0 radical (unpaired) electrons. The third-order valence-electron chi connectivity index (χ3n) is 7.43. The van der Waals surface area contributed by atoms with Gasteiger partial charge in [0.25, 0.3) is 0 Å². The molecule has 2 aromatic heterocycles. The van der Waals surface area contributed by atoms with Gasteiger partial charge in [0, 0.05) is 55.0 Å². The maximum Gasteiger partial charge on any atom is 0.123 e. The van der Waals surface area contributed by atoms with Crippen molar-refractivity contribution in [3.8, 4) is 5.69 Å². The van der Waals surface area contributed by atoms with Crippen LogP contribution in [0.15, 0.2) is 67.4 Å². The fraction of sp³-hybridized carbons (Fsp3) is 0.385. The first-order chi connectivity index (χ1) is 15.8. The molecule has 2 aromatic carbocycles. The van der Waals surface area contributed by atoms with E-state index in [1.54, 1.807) is 12.7 Å². The zero-order chi connectivity index (χ0) is 21.3. The maximum atomic E-state index is 3.94. The number of nitrogens with zero attached hydrogens (tertiary/aromatic N) is 5. The molecule has 4 heterocycles. The van der Waals surface area contributed by atoms with Crippen molar-refractivity contribution in [1.82, 2.24) is 29.5 Å². The first-order valence-electron chi connectivity index (χ1n) is 11.8. The average molecular weight is 427 g/mol. The van der Waals surface area contributed by atoms with E-state index in [-0.39, 0.29) is 0 Å². The average Bonchev–Trinajstić information content (AvgIpc) is 3.61. The summed E-state index contributed by atoms with van der Waals surface area (Å²) in [6.07, 6.45) is 9.28. The van der Waals surface area contributed by atoms with Gasteiger partial charge in [-0.3, -0.25) is 9.47 Å². The molecule has 164 valence electrons. The number of rotatable bonds is 7. The van der Waals surface area contributed by atoms with Gasteiger partial charge in [-0.1, -0.05) is 30.3 Å². The van der Waals surface area contributed by atoms with Gasteiger partial charge in [-0.05, 0) is 61.1 Å². The number of fused-ring (bicyclic) bond motifs is 2. The molecule has 2 aliphatic heterocycles. The van der Waals surface area contributed by atoms with E-state index in [1.165, 1.54) is 54.6 Å². The lowest BCUT2D eigenvalue weighted by Crippen LogP contribution is -2.36. The summed E-state index contributed by atoms with van der Waals surface area (Å²) in [5, 5.41) is 9.19. The Morgan fingerprint density at radius 2 is 1.81 bits per heavy atom. The Kier molecular flexibility index (Phi) is 5.25. The van der Waals surface area contributed by atoms with Gasteiger partial charge in [-0.15, -0.1) is 10.2 Å². The minimum absolute atomic E-state index is 0.726. The zero-order valence-electron chi connectivity index (χ0n) is 18.4. The summed E-state index contributed by atoms with van der Waals surface area (Å²) >= 11 is 0. The van der Waals surface area contributed by atoms with Crippen LogP contribution in [-0.2, 0) is 12.8 Å². The van der Waals surface area contributed by atoms with Crippen LogP contribution in [0.2, 0.25) is 0 Å². The largest absolute Gasteiger partial charge is 0.361 e. The van der Waals surface area contributed by atoms with Crippen molar-refractivity contribution < 1.29 is 0 Å². The molecule has 1 N–H and O–H groups in total. The van der Waals surface area contributed by atoms with E-state index in [0.29, 0.717) is 0 Å². The van der Waals surface area contributed by atoms with Crippen LogP contribution in [0.25, 0.3) is 16.6 Å². The van der Waals surface area contributed by atoms with Crippen molar-refractivity contribution in [2.45, 2.75) is 25.3 Å². The van der Waals surface area contributed by atoms with Gasteiger partial charge in [0.05, 0.1) is 0 Å². The summed E-state index contributed by atoms with van der Waals surface area (Å²) in [6.45, 7) is 6.05. The fourth-order valence-corrected chi connectivity index (χ4v) is 5.66. The van der Waals surface area contributed by atoms with E-state index in [2.05, 4.69) is 79.7 Å².